The van der Waals surface area contributed by atoms with E-state index >= 15 is 0 Å². The number of carbonyl (C=O) groups excluding carboxylic acids is 2. The van der Waals surface area contributed by atoms with Gasteiger partial charge in [-0.05, 0) is 73.8 Å². The van der Waals surface area contributed by atoms with Crippen molar-refractivity contribution < 1.29 is 14.3 Å². The molecule has 0 amide bonds. The number of aromatic nitrogens is 2. The van der Waals surface area contributed by atoms with Gasteiger partial charge in [0.2, 0.25) is 0 Å². The number of rotatable bonds is 3. The van der Waals surface area contributed by atoms with Gasteiger partial charge >= 0.3 is 5.97 Å². The number of aldehydes is 1. The smallest absolute Gasteiger partial charge is 0.302 e. The van der Waals surface area contributed by atoms with Gasteiger partial charge in [0.1, 0.15) is 18.7 Å². The molecule has 1 aromatic carbocycles. The third-order valence-electron chi connectivity index (χ3n) is 9.90. The van der Waals surface area contributed by atoms with Crippen molar-refractivity contribution in [2.24, 2.45) is 28.6 Å². The van der Waals surface area contributed by atoms with Crippen LogP contribution in [-0.2, 0) is 14.3 Å². The zero-order valence-corrected chi connectivity index (χ0v) is 20.4. The lowest BCUT2D eigenvalue weighted by atomic mass is 9.47. The van der Waals surface area contributed by atoms with Gasteiger partial charge in [0.15, 0.2) is 0 Å². The average Bonchev–Trinajstić information content (AvgIpc) is 3.36. The minimum Gasteiger partial charge on any atom is -0.462 e. The van der Waals surface area contributed by atoms with Crippen LogP contribution in [0.5, 0.6) is 0 Å². The first-order valence-corrected chi connectivity index (χ1v) is 12.8. The van der Waals surface area contributed by atoms with Crippen LogP contribution in [0.2, 0.25) is 0 Å². The van der Waals surface area contributed by atoms with Crippen molar-refractivity contribution in [2.75, 3.05) is 0 Å². The molecule has 0 spiro atoms. The van der Waals surface area contributed by atoms with Crippen LogP contribution in [0.1, 0.15) is 65.7 Å². The molecule has 1 aromatic heterocycles. The number of esters is 1. The Kier molecular flexibility index (Phi) is 4.91. The van der Waals surface area contributed by atoms with Crippen LogP contribution in [0.15, 0.2) is 47.8 Å². The van der Waals surface area contributed by atoms with Crippen LogP contribution in [0.4, 0.5) is 0 Å². The van der Waals surface area contributed by atoms with Crippen LogP contribution in [0, 0.1) is 28.6 Å². The number of hydrogen-bond acceptors (Lipinski definition) is 4. The standard InChI is InChI=1S/C29H34N2O3/c1-18(33)34-21-10-12-28(2)20(15-21)8-9-22-23(28)11-13-29(3)24(22)14-19(16-32)27(29)31-17-30-25-6-4-5-7-26(25)31/h4-8,16-17,21-24H,9-15H2,1-3H3/t21-,22?,23?,24?,28?,29-/m0/s1. The Morgan fingerprint density at radius 1 is 1.12 bits per heavy atom. The maximum atomic E-state index is 12.4. The van der Waals surface area contributed by atoms with Crippen molar-refractivity contribution in [3.63, 3.8) is 0 Å². The van der Waals surface area contributed by atoms with Crippen molar-refractivity contribution in [1.82, 2.24) is 9.55 Å². The number of para-hydroxylation sites is 2. The lowest BCUT2D eigenvalue weighted by Crippen LogP contribution is -2.50. The number of hydrogen-bond donors (Lipinski definition) is 0. The fourth-order valence-corrected chi connectivity index (χ4v) is 8.33. The molecule has 0 radical (unpaired) electrons. The molecule has 0 saturated heterocycles. The van der Waals surface area contributed by atoms with Gasteiger partial charge in [0.05, 0.1) is 11.0 Å². The van der Waals surface area contributed by atoms with E-state index in [4.69, 9.17) is 4.74 Å². The molecule has 0 N–H and O–H groups in total. The largest absolute Gasteiger partial charge is 0.462 e. The molecule has 2 fully saturated rings. The number of imidazole rings is 1. The van der Waals surface area contributed by atoms with Gasteiger partial charge in [-0.15, -0.1) is 0 Å². The molecule has 5 heteroatoms. The molecule has 5 nitrogen and oxygen atoms in total. The summed E-state index contributed by atoms with van der Waals surface area (Å²) in [5.41, 5.74) is 5.83. The molecule has 2 aromatic rings. The number of benzene rings is 1. The molecule has 4 unspecified atom stereocenters. The van der Waals surface area contributed by atoms with Crippen molar-refractivity contribution in [1.29, 1.82) is 0 Å². The number of carbonyl (C=O) groups is 2. The summed E-state index contributed by atoms with van der Waals surface area (Å²) in [6.07, 6.45) is 12.6. The SMILES string of the molecule is CC(=O)O[C@H]1CCC2(C)C(=CCC3C2CC[C@]2(C)C(n4cnc5ccccc54)=C(C=O)CC32)C1. The van der Waals surface area contributed by atoms with Crippen molar-refractivity contribution in [2.45, 2.75) is 71.8 Å². The summed E-state index contributed by atoms with van der Waals surface area (Å²) in [4.78, 5) is 28.5. The maximum Gasteiger partial charge on any atom is 0.302 e. The molecular formula is C29H34N2O3. The van der Waals surface area contributed by atoms with Crippen LogP contribution in [0.3, 0.4) is 0 Å². The molecule has 34 heavy (non-hydrogen) atoms. The topological polar surface area (TPSA) is 61.2 Å². The average molecular weight is 459 g/mol. The highest BCUT2D eigenvalue weighted by Gasteiger charge is 2.58. The van der Waals surface area contributed by atoms with E-state index in [2.05, 4.69) is 35.5 Å². The van der Waals surface area contributed by atoms with E-state index in [0.29, 0.717) is 17.8 Å². The summed E-state index contributed by atoms with van der Waals surface area (Å²) in [7, 11) is 0. The second kappa shape index (κ2) is 7.66. The summed E-state index contributed by atoms with van der Waals surface area (Å²) < 4.78 is 7.80. The van der Waals surface area contributed by atoms with Gasteiger partial charge in [0.25, 0.3) is 0 Å². The summed E-state index contributed by atoms with van der Waals surface area (Å²) >= 11 is 0. The molecule has 6 atom stereocenters. The molecule has 178 valence electrons. The third kappa shape index (κ3) is 3.01. The van der Waals surface area contributed by atoms with E-state index < -0.39 is 0 Å². The molecule has 4 aliphatic rings. The van der Waals surface area contributed by atoms with E-state index in [1.165, 1.54) is 24.6 Å². The second-order valence-corrected chi connectivity index (χ2v) is 11.5. The maximum absolute atomic E-state index is 12.4. The lowest BCUT2D eigenvalue weighted by Gasteiger charge is -2.57. The lowest BCUT2D eigenvalue weighted by molar-refractivity contribution is -0.148. The Hall–Kier alpha value is -2.69. The third-order valence-corrected chi connectivity index (χ3v) is 9.90. The first-order chi connectivity index (χ1) is 16.3. The van der Waals surface area contributed by atoms with Crippen LogP contribution >= 0.6 is 0 Å². The van der Waals surface area contributed by atoms with Gasteiger partial charge < -0.3 is 9.30 Å². The van der Waals surface area contributed by atoms with Gasteiger partial charge in [-0.1, -0.05) is 37.6 Å². The monoisotopic (exact) mass is 458 g/mol. The van der Waals surface area contributed by atoms with Crippen LogP contribution < -0.4 is 0 Å². The van der Waals surface area contributed by atoms with Crippen LogP contribution in [-0.4, -0.2) is 27.9 Å². The van der Waals surface area contributed by atoms with E-state index in [9.17, 15) is 9.59 Å². The Morgan fingerprint density at radius 2 is 1.91 bits per heavy atom. The quantitative estimate of drug-likeness (QED) is 0.324. The van der Waals surface area contributed by atoms with Gasteiger partial charge in [-0.25, -0.2) is 4.98 Å². The number of nitrogens with zero attached hydrogens (tertiary/aromatic N) is 2. The summed E-state index contributed by atoms with van der Waals surface area (Å²) in [6.45, 7) is 6.36. The highest BCUT2D eigenvalue weighted by Crippen LogP contribution is 2.66. The van der Waals surface area contributed by atoms with Crippen molar-refractivity contribution in [3.8, 4) is 0 Å². The van der Waals surface area contributed by atoms with E-state index in [1.54, 1.807) is 0 Å². The van der Waals surface area contributed by atoms with Crippen molar-refractivity contribution in [3.05, 3.63) is 47.8 Å². The van der Waals surface area contributed by atoms with Gasteiger partial charge in [0, 0.05) is 30.0 Å². The minimum absolute atomic E-state index is 0.0261. The van der Waals surface area contributed by atoms with Crippen LogP contribution in [0.25, 0.3) is 16.7 Å². The zero-order valence-electron chi connectivity index (χ0n) is 20.4. The Labute approximate surface area is 201 Å². The molecule has 0 bridgehead atoms. The minimum atomic E-state index is -0.172. The summed E-state index contributed by atoms with van der Waals surface area (Å²) in [5, 5.41) is 0. The fourth-order valence-electron chi connectivity index (χ4n) is 8.33. The molecule has 0 aliphatic heterocycles. The Bertz CT molecular complexity index is 1240. The molecule has 4 aliphatic carbocycles. The van der Waals surface area contributed by atoms with Gasteiger partial charge in [-0.3, -0.25) is 9.59 Å². The highest BCUT2D eigenvalue weighted by molar-refractivity contribution is 5.90. The number of fused-ring (bicyclic) bond motifs is 6. The fraction of sp³-hybridized carbons (Fsp3) is 0.552. The number of allylic oxidation sites excluding steroid dienone is 3. The molecule has 2 saturated carbocycles. The van der Waals surface area contributed by atoms with E-state index in [1.807, 2.05) is 24.5 Å². The number of ether oxygens (including phenoxy) is 1. The molecule has 6 rings (SSSR count). The predicted octanol–water partition coefficient (Wildman–Crippen LogP) is 5.95. The Balaban J connectivity index is 1.35. The van der Waals surface area contributed by atoms with E-state index in [-0.39, 0.29) is 22.9 Å². The second-order valence-electron chi connectivity index (χ2n) is 11.5. The predicted molar refractivity (Wildman–Crippen MR) is 132 cm³/mol. The molecule has 1 heterocycles. The highest BCUT2D eigenvalue weighted by atomic mass is 16.5. The van der Waals surface area contributed by atoms with Gasteiger partial charge in [-0.2, -0.15) is 0 Å². The molecular weight excluding hydrogens is 424 g/mol. The summed E-state index contributed by atoms with van der Waals surface area (Å²) in [6, 6.07) is 8.22. The summed E-state index contributed by atoms with van der Waals surface area (Å²) in [5.74, 6) is 1.48. The van der Waals surface area contributed by atoms with E-state index in [0.717, 1.165) is 61.4 Å². The normalized spacial score (nSPS) is 37.0. The zero-order chi connectivity index (χ0) is 23.7. The first kappa shape index (κ1) is 21.8. The van der Waals surface area contributed by atoms with Crippen molar-refractivity contribution >= 4 is 29.0 Å². The first-order valence-electron chi connectivity index (χ1n) is 12.8. The Morgan fingerprint density at radius 3 is 2.71 bits per heavy atom.